The van der Waals surface area contributed by atoms with Crippen molar-refractivity contribution in [1.82, 2.24) is 4.67 Å². The van der Waals surface area contributed by atoms with Crippen molar-refractivity contribution < 1.29 is 14.1 Å². The van der Waals surface area contributed by atoms with E-state index in [-0.39, 0.29) is 18.6 Å². The standard InChI is InChI=1S/C18H20NO3P/c1-14(2)17-13-22-18(20)19(17)23(21,15-9-5-3-6-10-15)16-11-7-4-8-12-16/h3-12,14,17H,13H2,1-2H3/t17-/m1/s1. The van der Waals surface area contributed by atoms with Gasteiger partial charge in [0, 0.05) is 10.6 Å². The van der Waals surface area contributed by atoms with Crippen molar-refractivity contribution in [2.24, 2.45) is 5.92 Å². The van der Waals surface area contributed by atoms with Crippen LogP contribution in [0.5, 0.6) is 0 Å². The fourth-order valence-corrected chi connectivity index (χ4v) is 5.87. The molecular formula is C18H20NO3P. The number of nitrogens with zero attached hydrogens (tertiary/aromatic N) is 1. The van der Waals surface area contributed by atoms with Crippen molar-refractivity contribution in [3.63, 3.8) is 0 Å². The number of cyclic esters (lactones) is 1. The van der Waals surface area contributed by atoms with Crippen molar-refractivity contribution in [3.8, 4) is 0 Å². The fourth-order valence-electron chi connectivity index (χ4n) is 2.89. The van der Waals surface area contributed by atoms with Gasteiger partial charge in [-0.3, -0.25) is 4.57 Å². The molecular weight excluding hydrogens is 309 g/mol. The normalized spacial score (nSPS) is 18.3. The molecule has 0 bridgehead atoms. The molecule has 0 unspecified atom stereocenters. The second-order valence-electron chi connectivity index (χ2n) is 5.98. The quantitative estimate of drug-likeness (QED) is 0.808. The lowest BCUT2D eigenvalue weighted by molar-refractivity contribution is 0.170. The zero-order chi connectivity index (χ0) is 16.4. The van der Waals surface area contributed by atoms with Crippen LogP contribution >= 0.6 is 7.29 Å². The minimum atomic E-state index is -3.28. The summed E-state index contributed by atoms with van der Waals surface area (Å²) in [5.74, 6) is 0.155. The number of amides is 1. The zero-order valence-electron chi connectivity index (χ0n) is 13.3. The number of benzene rings is 2. The van der Waals surface area contributed by atoms with Crippen molar-refractivity contribution in [3.05, 3.63) is 60.7 Å². The Morgan fingerprint density at radius 2 is 1.48 bits per heavy atom. The van der Waals surface area contributed by atoms with E-state index in [4.69, 9.17) is 4.74 Å². The third-order valence-electron chi connectivity index (χ3n) is 4.16. The number of carbonyl (C=O) groups is 1. The monoisotopic (exact) mass is 329 g/mol. The number of hydrogen-bond acceptors (Lipinski definition) is 3. The number of rotatable bonds is 4. The molecule has 0 radical (unpaired) electrons. The van der Waals surface area contributed by atoms with Crippen LogP contribution in [0.15, 0.2) is 60.7 Å². The molecule has 23 heavy (non-hydrogen) atoms. The van der Waals surface area contributed by atoms with Gasteiger partial charge in [-0.15, -0.1) is 0 Å². The minimum absolute atomic E-state index is 0.155. The minimum Gasteiger partial charge on any atom is -0.447 e. The molecule has 1 amide bonds. The van der Waals surface area contributed by atoms with Crippen LogP contribution in [-0.4, -0.2) is 23.4 Å². The van der Waals surface area contributed by atoms with Crippen LogP contribution < -0.4 is 10.6 Å². The lowest BCUT2D eigenvalue weighted by atomic mass is 10.1. The van der Waals surface area contributed by atoms with Crippen LogP contribution in [0, 0.1) is 5.92 Å². The second kappa shape index (κ2) is 6.21. The molecule has 0 spiro atoms. The smallest absolute Gasteiger partial charge is 0.416 e. The van der Waals surface area contributed by atoms with Gasteiger partial charge >= 0.3 is 6.09 Å². The van der Waals surface area contributed by atoms with Crippen molar-refractivity contribution in [1.29, 1.82) is 0 Å². The Hall–Kier alpha value is -2.06. The van der Waals surface area contributed by atoms with E-state index in [1.54, 1.807) is 0 Å². The summed E-state index contributed by atoms with van der Waals surface area (Å²) in [6, 6.07) is 18.2. The summed E-state index contributed by atoms with van der Waals surface area (Å²) < 4.78 is 20.9. The zero-order valence-corrected chi connectivity index (χ0v) is 14.1. The second-order valence-corrected chi connectivity index (χ2v) is 8.60. The van der Waals surface area contributed by atoms with Gasteiger partial charge < -0.3 is 4.74 Å². The third-order valence-corrected chi connectivity index (χ3v) is 7.23. The molecule has 4 nitrogen and oxygen atoms in total. The highest BCUT2D eigenvalue weighted by atomic mass is 31.2. The van der Waals surface area contributed by atoms with Gasteiger partial charge in [0.1, 0.15) is 6.61 Å². The van der Waals surface area contributed by atoms with Gasteiger partial charge in [-0.1, -0.05) is 50.2 Å². The predicted octanol–water partition coefficient (Wildman–Crippen LogP) is 3.39. The van der Waals surface area contributed by atoms with Crippen LogP contribution in [0.1, 0.15) is 13.8 Å². The third kappa shape index (κ3) is 2.68. The van der Waals surface area contributed by atoms with E-state index >= 15 is 0 Å². The van der Waals surface area contributed by atoms with Gasteiger partial charge in [0.2, 0.25) is 7.29 Å². The Morgan fingerprint density at radius 3 is 1.91 bits per heavy atom. The van der Waals surface area contributed by atoms with Crippen LogP contribution in [0.2, 0.25) is 0 Å². The molecule has 2 aromatic carbocycles. The summed E-state index contributed by atoms with van der Waals surface area (Å²) in [5, 5.41) is 1.30. The van der Waals surface area contributed by atoms with Crippen LogP contribution in [-0.2, 0) is 9.30 Å². The number of ether oxygens (including phenoxy) is 1. The molecule has 2 aromatic rings. The average Bonchev–Trinajstić information content (AvgIpc) is 2.98. The Kier molecular flexibility index (Phi) is 4.27. The van der Waals surface area contributed by atoms with Gasteiger partial charge in [-0.2, -0.15) is 0 Å². The van der Waals surface area contributed by atoms with Gasteiger partial charge in [-0.05, 0) is 30.2 Å². The summed E-state index contributed by atoms with van der Waals surface area (Å²) in [7, 11) is -3.28. The summed E-state index contributed by atoms with van der Waals surface area (Å²) in [6.45, 7) is 4.31. The average molecular weight is 329 g/mol. The highest BCUT2D eigenvalue weighted by Gasteiger charge is 2.48. The maximum atomic E-state index is 14.2. The lowest BCUT2D eigenvalue weighted by Crippen LogP contribution is -2.40. The molecule has 1 fully saturated rings. The van der Waals surface area contributed by atoms with E-state index in [1.165, 1.54) is 4.67 Å². The summed E-state index contributed by atoms with van der Waals surface area (Å²) in [6.07, 6.45) is -0.500. The highest BCUT2D eigenvalue weighted by molar-refractivity contribution is 7.77. The van der Waals surface area contributed by atoms with Crippen LogP contribution in [0.25, 0.3) is 0 Å². The Bertz CT molecular complexity index is 687. The number of carbonyl (C=O) groups excluding carboxylic acids is 1. The molecule has 0 saturated carbocycles. The number of hydrogen-bond donors (Lipinski definition) is 0. The van der Waals surface area contributed by atoms with E-state index in [0.29, 0.717) is 10.6 Å². The Morgan fingerprint density at radius 1 is 1.00 bits per heavy atom. The van der Waals surface area contributed by atoms with Crippen LogP contribution in [0.4, 0.5) is 4.79 Å². The summed E-state index contributed by atoms with van der Waals surface area (Å²) in [4.78, 5) is 12.4. The summed E-state index contributed by atoms with van der Waals surface area (Å²) >= 11 is 0. The van der Waals surface area contributed by atoms with Crippen molar-refractivity contribution >= 4 is 24.0 Å². The summed E-state index contributed by atoms with van der Waals surface area (Å²) in [5.41, 5.74) is 0. The fraction of sp³-hybridized carbons (Fsp3) is 0.278. The topological polar surface area (TPSA) is 46.6 Å². The van der Waals surface area contributed by atoms with Gasteiger partial charge in [0.15, 0.2) is 0 Å². The van der Waals surface area contributed by atoms with E-state index in [1.807, 2.05) is 74.5 Å². The van der Waals surface area contributed by atoms with E-state index < -0.39 is 13.4 Å². The van der Waals surface area contributed by atoms with E-state index in [9.17, 15) is 9.36 Å². The first-order valence-electron chi connectivity index (χ1n) is 7.73. The maximum Gasteiger partial charge on any atom is 0.416 e. The molecule has 0 aromatic heterocycles. The molecule has 120 valence electrons. The molecule has 1 heterocycles. The molecule has 1 aliphatic rings. The van der Waals surface area contributed by atoms with E-state index in [2.05, 4.69) is 0 Å². The SMILES string of the molecule is CC(C)[C@H]1COC(=O)N1P(=O)(c1ccccc1)c1ccccc1. The van der Waals surface area contributed by atoms with Gasteiger partial charge in [0.05, 0.1) is 6.04 Å². The Labute approximate surface area is 136 Å². The first-order chi connectivity index (χ1) is 11.0. The van der Waals surface area contributed by atoms with E-state index in [0.717, 1.165) is 0 Å². The first kappa shape index (κ1) is 15.8. The van der Waals surface area contributed by atoms with Crippen molar-refractivity contribution in [2.75, 3.05) is 6.61 Å². The van der Waals surface area contributed by atoms with Gasteiger partial charge in [-0.25, -0.2) is 9.46 Å². The molecule has 0 aliphatic carbocycles. The van der Waals surface area contributed by atoms with Gasteiger partial charge in [0.25, 0.3) is 0 Å². The molecule has 5 heteroatoms. The van der Waals surface area contributed by atoms with Crippen molar-refractivity contribution in [2.45, 2.75) is 19.9 Å². The predicted molar refractivity (Wildman–Crippen MR) is 91.6 cm³/mol. The molecule has 1 atom stereocenters. The maximum absolute atomic E-state index is 14.2. The first-order valence-corrected chi connectivity index (χ1v) is 9.39. The Balaban J connectivity index is 2.21. The lowest BCUT2D eigenvalue weighted by Gasteiger charge is -2.33. The molecule has 1 saturated heterocycles. The molecule has 3 rings (SSSR count). The molecule has 1 aliphatic heterocycles. The molecule has 0 N–H and O–H groups in total. The van der Waals surface area contributed by atoms with Crippen LogP contribution in [0.3, 0.4) is 0 Å². The highest BCUT2D eigenvalue weighted by Crippen LogP contribution is 2.51. The largest absolute Gasteiger partial charge is 0.447 e.